The maximum Gasteiger partial charge on any atom is 0.344 e. The van der Waals surface area contributed by atoms with E-state index in [9.17, 15) is 4.79 Å². The van der Waals surface area contributed by atoms with Crippen molar-refractivity contribution in [2.24, 2.45) is 0 Å². The molecule has 0 aliphatic heterocycles. The maximum atomic E-state index is 15.4. The van der Waals surface area contributed by atoms with E-state index in [-0.39, 0.29) is 6.42 Å². The molecule has 4 heteroatoms. The molecule has 1 heterocycles. The standard InChI is InChI=1S/C27H26F2O2/c1-3-4-10-22-21-14-13-20-12-11-18(2)17-23(20)24(21)26(30)31-25(22)27(28,29)16-15-19-8-6-5-7-9-19/h5-9,11-14,17H,3-4,10,15-16H2,1-2H3. The molecule has 0 fully saturated rings. The second kappa shape index (κ2) is 8.62. The molecule has 0 saturated carbocycles. The molecule has 31 heavy (non-hydrogen) atoms. The highest BCUT2D eigenvalue weighted by molar-refractivity contribution is 6.08. The van der Waals surface area contributed by atoms with Gasteiger partial charge in [0.25, 0.3) is 0 Å². The Kier molecular flexibility index (Phi) is 5.90. The number of aryl methyl sites for hydroxylation is 3. The average molecular weight is 420 g/mol. The molecular weight excluding hydrogens is 394 g/mol. The van der Waals surface area contributed by atoms with Crippen LogP contribution in [0.25, 0.3) is 21.5 Å². The Hall–Kier alpha value is -3.01. The van der Waals surface area contributed by atoms with Crippen molar-refractivity contribution in [2.75, 3.05) is 0 Å². The summed E-state index contributed by atoms with van der Waals surface area (Å²) in [7, 11) is 0. The molecule has 0 saturated heterocycles. The van der Waals surface area contributed by atoms with Gasteiger partial charge >= 0.3 is 11.5 Å². The lowest BCUT2D eigenvalue weighted by Gasteiger charge is -2.20. The Labute approximate surface area is 180 Å². The topological polar surface area (TPSA) is 30.2 Å². The van der Waals surface area contributed by atoms with Crippen LogP contribution >= 0.6 is 0 Å². The van der Waals surface area contributed by atoms with E-state index in [1.807, 2.05) is 68.4 Å². The molecular formula is C27H26F2O2. The van der Waals surface area contributed by atoms with Crippen molar-refractivity contribution < 1.29 is 13.2 Å². The van der Waals surface area contributed by atoms with Gasteiger partial charge in [0.15, 0.2) is 5.76 Å². The van der Waals surface area contributed by atoms with Crippen molar-refractivity contribution in [3.63, 3.8) is 0 Å². The lowest BCUT2D eigenvalue weighted by molar-refractivity contribution is -0.0371. The minimum absolute atomic E-state index is 0.208. The number of fused-ring (bicyclic) bond motifs is 3. The molecule has 0 aliphatic carbocycles. The van der Waals surface area contributed by atoms with Crippen LogP contribution in [0.5, 0.6) is 0 Å². The van der Waals surface area contributed by atoms with Gasteiger partial charge in [0.1, 0.15) is 0 Å². The molecule has 2 nitrogen and oxygen atoms in total. The molecule has 4 rings (SSSR count). The first-order chi connectivity index (χ1) is 14.9. The van der Waals surface area contributed by atoms with E-state index >= 15 is 8.78 Å². The van der Waals surface area contributed by atoms with Gasteiger partial charge < -0.3 is 4.42 Å². The molecule has 0 radical (unpaired) electrons. The third-order valence-electron chi connectivity index (χ3n) is 5.86. The molecule has 1 aromatic heterocycles. The minimum atomic E-state index is -3.23. The van der Waals surface area contributed by atoms with Crippen LogP contribution in [0.3, 0.4) is 0 Å². The number of unbranched alkanes of at least 4 members (excludes halogenated alkanes) is 1. The predicted molar refractivity (Wildman–Crippen MR) is 122 cm³/mol. The first kappa shape index (κ1) is 21.2. The highest BCUT2D eigenvalue weighted by Crippen LogP contribution is 2.39. The monoisotopic (exact) mass is 420 g/mol. The van der Waals surface area contributed by atoms with Crippen LogP contribution in [0.2, 0.25) is 0 Å². The van der Waals surface area contributed by atoms with Crippen molar-refractivity contribution in [3.8, 4) is 0 Å². The van der Waals surface area contributed by atoms with E-state index in [1.54, 1.807) is 6.07 Å². The van der Waals surface area contributed by atoms with Crippen LogP contribution in [-0.4, -0.2) is 0 Å². The van der Waals surface area contributed by atoms with E-state index in [4.69, 9.17) is 4.42 Å². The van der Waals surface area contributed by atoms with Gasteiger partial charge in [0, 0.05) is 12.0 Å². The zero-order valence-electron chi connectivity index (χ0n) is 17.9. The second-order valence-electron chi connectivity index (χ2n) is 8.20. The quantitative estimate of drug-likeness (QED) is 0.293. The number of hydrogen-bond acceptors (Lipinski definition) is 2. The average Bonchev–Trinajstić information content (AvgIpc) is 2.77. The fraction of sp³-hybridized carbons (Fsp3) is 0.296. The van der Waals surface area contributed by atoms with Crippen molar-refractivity contribution in [1.29, 1.82) is 0 Å². The van der Waals surface area contributed by atoms with Gasteiger partial charge in [-0.3, -0.25) is 0 Å². The Bertz CT molecular complexity index is 1270. The number of rotatable bonds is 7. The first-order valence-electron chi connectivity index (χ1n) is 10.8. The zero-order chi connectivity index (χ0) is 22.0. The third-order valence-corrected chi connectivity index (χ3v) is 5.86. The van der Waals surface area contributed by atoms with Gasteiger partial charge in [-0.25, -0.2) is 4.79 Å². The van der Waals surface area contributed by atoms with Crippen LogP contribution < -0.4 is 5.63 Å². The molecule has 0 spiro atoms. The third kappa shape index (κ3) is 4.25. The number of benzene rings is 3. The summed E-state index contributed by atoms with van der Waals surface area (Å²) in [6.45, 7) is 3.97. The summed E-state index contributed by atoms with van der Waals surface area (Å²) in [5.74, 6) is -3.70. The highest BCUT2D eigenvalue weighted by Gasteiger charge is 2.38. The van der Waals surface area contributed by atoms with E-state index < -0.39 is 23.7 Å². The normalized spacial score (nSPS) is 12.0. The molecule has 3 aromatic carbocycles. The highest BCUT2D eigenvalue weighted by atomic mass is 19.3. The molecule has 0 unspecified atom stereocenters. The predicted octanol–water partition coefficient (Wildman–Crippen LogP) is 7.32. The van der Waals surface area contributed by atoms with Crippen LogP contribution in [0.4, 0.5) is 8.78 Å². The van der Waals surface area contributed by atoms with Gasteiger partial charge in [-0.2, -0.15) is 8.78 Å². The van der Waals surface area contributed by atoms with Crippen LogP contribution in [0, 0.1) is 6.92 Å². The summed E-state index contributed by atoms with van der Waals surface area (Å²) in [4.78, 5) is 13.0. The number of hydrogen-bond donors (Lipinski definition) is 0. The van der Waals surface area contributed by atoms with Gasteiger partial charge in [-0.15, -0.1) is 0 Å². The molecule has 160 valence electrons. The molecule has 0 atom stereocenters. The molecule has 0 bridgehead atoms. The second-order valence-corrected chi connectivity index (χ2v) is 8.20. The fourth-order valence-corrected chi connectivity index (χ4v) is 4.19. The van der Waals surface area contributed by atoms with Gasteiger partial charge in [-0.1, -0.05) is 79.6 Å². The Morgan fingerprint density at radius 3 is 2.42 bits per heavy atom. The SMILES string of the molecule is CCCCc1c(C(F)(F)CCc2ccccc2)oc(=O)c2c1ccc1ccc(C)cc12. The molecule has 0 N–H and O–H groups in total. The summed E-state index contributed by atoms with van der Waals surface area (Å²) in [5.41, 5.74) is 1.60. The smallest absolute Gasteiger partial charge is 0.344 e. The lowest BCUT2D eigenvalue weighted by Crippen LogP contribution is -2.21. The largest absolute Gasteiger partial charge is 0.421 e. The molecule has 0 amide bonds. The summed E-state index contributed by atoms with van der Waals surface area (Å²) >= 11 is 0. The van der Waals surface area contributed by atoms with Gasteiger partial charge in [0.05, 0.1) is 5.39 Å². The zero-order valence-corrected chi connectivity index (χ0v) is 17.9. The summed E-state index contributed by atoms with van der Waals surface area (Å²) in [6.07, 6.45) is 1.86. The summed E-state index contributed by atoms with van der Waals surface area (Å²) in [6, 6.07) is 18.7. The van der Waals surface area contributed by atoms with E-state index in [1.165, 1.54) is 0 Å². The maximum absolute atomic E-state index is 15.4. The van der Waals surface area contributed by atoms with Crippen molar-refractivity contribution >= 4 is 21.5 Å². The minimum Gasteiger partial charge on any atom is -0.421 e. The van der Waals surface area contributed by atoms with Crippen molar-refractivity contribution in [3.05, 3.63) is 93.5 Å². The lowest BCUT2D eigenvalue weighted by atomic mass is 9.93. The summed E-state index contributed by atoms with van der Waals surface area (Å²) < 4.78 is 36.2. The fourth-order valence-electron chi connectivity index (χ4n) is 4.19. The summed E-state index contributed by atoms with van der Waals surface area (Å²) in [5, 5.41) is 2.63. The molecule has 4 aromatic rings. The van der Waals surface area contributed by atoms with E-state index in [2.05, 4.69) is 0 Å². The van der Waals surface area contributed by atoms with Crippen LogP contribution in [0.15, 0.2) is 69.9 Å². The Morgan fingerprint density at radius 1 is 0.935 bits per heavy atom. The van der Waals surface area contributed by atoms with E-state index in [0.29, 0.717) is 22.8 Å². The Balaban J connectivity index is 1.87. The molecule has 0 aliphatic rings. The Morgan fingerprint density at radius 2 is 1.68 bits per heavy atom. The van der Waals surface area contributed by atoms with Gasteiger partial charge in [0.2, 0.25) is 0 Å². The van der Waals surface area contributed by atoms with Crippen molar-refractivity contribution in [1.82, 2.24) is 0 Å². The number of halogens is 2. The first-order valence-corrected chi connectivity index (χ1v) is 10.8. The van der Waals surface area contributed by atoms with Crippen molar-refractivity contribution in [2.45, 2.75) is 51.9 Å². The van der Waals surface area contributed by atoms with E-state index in [0.717, 1.165) is 34.7 Å². The number of alkyl halides is 2. The van der Waals surface area contributed by atoms with Crippen LogP contribution in [0.1, 0.15) is 48.6 Å². The van der Waals surface area contributed by atoms with Crippen LogP contribution in [-0.2, 0) is 18.8 Å². The van der Waals surface area contributed by atoms with Gasteiger partial charge in [-0.05, 0) is 47.9 Å².